The molecule has 4 rings (SSSR count). The van der Waals surface area contributed by atoms with E-state index in [0.29, 0.717) is 80.1 Å². The lowest BCUT2D eigenvalue weighted by molar-refractivity contribution is -0.159. The summed E-state index contributed by atoms with van der Waals surface area (Å²) in [4.78, 5) is 45.5. The molecule has 0 spiro atoms. The van der Waals surface area contributed by atoms with Gasteiger partial charge in [0.15, 0.2) is 17.2 Å². The van der Waals surface area contributed by atoms with Gasteiger partial charge in [-0.1, -0.05) is 0 Å². The molecule has 1 saturated heterocycles. The second-order valence-electron chi connectivity index (χ2n) is 9.69. The van der Waals surface area contributed by atoms with Crippen LogP contribution in [0.1, 0.15) is 24.8 Å². The summed E-state index contributed by atoms with van der Waals surface area (Å²) in [5, 5.41) is 27.3. The van der Waals surface area contributed by atoms with Gasteiger partial charge in [-0.3, -0.25) is 9.36 Å². The largest absolute Gasteiger partial charge is 0.487 e. The number of hydrogen-bond donors (Lipinski definition) is 3. The molecule has 16 nitrogen and oxygen atoms in total. The van der Waals surface area contributed by atoms with Crippen molar-refractivity contribution in [2.45, 2.75) is 25.3 Å². The Hall–Kier alpha value is -4.85. The van der Waals surface area contributed by atoms with Crippen molar-refractivity contribution < 1.29 is 43.5 Å². The van der Waals surface area contributed by atoms with Crippen molar-refractivity contribution >= 4 is 34.9 Å². The average molecular weight is 614 g/mol. The van der Waals surface area contributed by atoms with E-state index in [9.17, 15) is 4.79 Å². The Morgan fingerprint density at radius 1 is 1.11 bits per heavy atom. The molecule has 0 atom stereocenters. The Kier molecular flexibility index (Phi) is 13.2. The number of nitriles is 1. The van der Waals surface area contributed by atoms with E-state index in [1.54, 1.807) is 23.0 Å². The van der Waals surface area contributed by atoms with Gasteiger partial charge in [0.05, 0.1) is 25.2 Å². The zero-order valence-electron chi connectivity index (χ0n) is 24.5. The van der Waals surface area contributed by atoms with Gasteiger partial charge in [-0.25, -0.2) is 24.5 Å². The van der Waals surface area contributed by atoms with Gasteiger partial charge in [-0.2, -0.15) is 5.26 Å². The maximum Gasteiger partial charge on any atom is 0.414 e. The lowest BCUT2D eigenvalue weighted by atomic mass is 10.1. The first-order valence-corrected chi connectivity index (χ1v) is 13.7. The fourth-order valence-corrected chi connectivity index (χ4v) is 3.85. The zero-order chi connectivity index (χ0) is 31.9. The molecule has 236 valence electrons. The number of carboxylic acids is 2. The minimum Gasteiger partial charge on any atom is -0.487 e. The first-order valence-electron chi connectivity index (χ1n) is 13.7. The standard InChI is InChI=1S/C26H33N7O5.C2H2O4/c1-32(2)8-5-24(34)38-14-12-36-11-13-37-22-15-21-26(31-25(22)30-20-6-9-35-10-7-20)33(18-29-21)23-4-3-19(16-27)17-28-23;3-1(4)2(5)6/h3-4,15,17-18,20H,5-14H2,1-2H3,(H,30,31);(H,3,4)(H,5,6). The topological polar surface area (TPSA) is 211 Å². The summed E-state index contributed by atoms with van der Waals surface area (Å²) in [6.45, 7) is 3.16. The van der Waals surface area contributed by atoms with Crippen LogP contribution >= 0.6 is 0 Å². The maximum absolute atomic E-state index is 11.7. The van der Waals surface area contributed by atoms with Crippen LogP contribution in [0, 0.1) is 11.3 Å². The summed E-state index contributed by atoms with van der Waals surface area (Å²) in [6.07, 6.45) is 5.25. The molecule has 4 heterocycles. The third-order valence-corrected chi connectivity index (χ3v) is 6.10. The first kappa shape index (κ1) is 33.6. The molecule has 16 heteroatoms. The number of aromatic nitrogens is 4. The predicted molar refractivity (Wildman–Crippen MR) is 155 cm³/mol. The summed E-state index contributed by atoms with van der Waals surface area (Å²) < 4.78 is 24.0. The van der Waals surface area contributed by atoms with Crippen LogP contribution in [-0.2, 0) is 28.6 Å². The molecule has 1 fully saturated rings. The Bertz CT molecular complexity index is 1420. The van der Waals surface area contributed by atoms with E-state index in [0.717, 1.165) is 12.8 Å². The van der Waals surface area contributed by atoms with E-state index in [4.69, 9.17) is 49.0 Å². The van der Waals surface area contributed by atoms with E-state index >= 15 is 0 Å². The number of carbonyl (C=O) groups is 3. The molecule has 3 N–H and O–H groups in total. The molecular weight excluding hydrogens is 578 g/mol. The van der Waals surface area contributed by atoms with Crippen molar-refractivity contribution in [2.24, 2.45) is 0 Å². The van der Waals surface area contributed by atoms with Crippen molar-refractivity contribution in [2.75, 3.05) is 65.6 Å². The van der Waals surface area contributed by atoms with Gasteiger partial charge in [0.25, 0.3) is 0 Å². The number of aliphatic carboxylic acids is 2. The number of nitrogens with zero attached hydrogens (tertiary/aromatic N) is 6. The normalized spacial score (nSPS) is 13.0. The van der Waals surface area contributed by atoms with Crippen LogP contribution in [0.15, 0.2) is 30.7 Å². The summed E-state index contributed by atoms with van der Waals surface area (Å²) in [5.41, 5.74) is 1.75. The van der Waals surface area contributed by atoms with E-state index in [1.165, 1.54) is 6.20 Å². The lowest BCUT2D eigenvalue weighted by Gasteiger charge is -2.24. The van der Waals surface area contributed by atoms with Crippen LogP contribution < -0.4 is 10.1 Å². The number of imidazole rings is 1. The van der Waals surface area contributed by atoms with Crippen LogP contribution in [0.5, 0.6) is 5.75 Å². The lowest BCUT2D eigenvalue weighted by Crippen LogP contribution is -2.28. The zero-order valence-corrected chi connectivity index (χ0v) is 24.5. The van der Waals surface area contributed by atoms with Crippen LogP contribution in [0.25, 0.3) is 17.0 Å². The van der Waals surface area contributed by atoms with Crippen LogP contribution in [-0.4, -0.2) is 119 Å². The highest BCUT2D eigenvalue weighted by molar-refractivity contribution is 6.27. The van der Waals surface area contributed by atoms with Gasteiger partial charge in [-0.05, 0) is 39.1 Å². The number of pyridine rings is 2. The molecule has 1 aliphatic heterocycles. The number of esters is 1. The van der Waals surface area contributed by atoms with E-state index in [1.807, 2.05) is 25.1 Å². The Morgan fingerprint density at radius 3 is 2.48 bits per heavy atom. The predicted octanol–water partition coefficient (Wildman–Crippen LogP) is 1.32. The molecule has 0 aromatic carbocycles. The monoisotopic (exact) mass is 613 g/mol. The molecule has 1 aliphatic rings. The summed E-state index contributed by atoms with van der Waals surface area (Å²) in [6, 6.07) is 7.59. The minimum atomic E-state index is -1.82. The summed E-state index contributed by atoms with van der Waals surface area (Å²) in [7, 11) is 3.82. The van der Waals surface area contributed by atoms with Crippen molar-refractivity contribution in [3.63, 3.8) is 0 Å². The molecule has 3 aromatic rings. The molecule has 0 aliphatic carbocycles. The van der Waals surface area contributed by atoms with E-state index < -0.39 is 11.9 Å². The van der Waals surface area contributed by atoms with Gasteiger partial charge in [0.2, 0.25) is 0 Å². The van der Waals surface area contributed by atoms with Crippen LogP contribution in [0.4, 0.5) is 5.82 Å². The highest BCUT2D eigenvalue weighted by Crippen LogP contribution is 2.29. The molecule has 0 unspecified atom stereocenters. The van der Waals surface area contributed by atoms with Crippen LogP contribution in [0.3, 0.4) is 0 Å². The Balaban J connectivity index is 0.000000801. The summed E-state index contributed by atoms with van der Waals surface area (Å²) in [5.74, 6) is -2.10. The van der Waals surface area contributed by atoms with Crippen molar-refractivity contribution in [3.05, 3.63) is 36.3 Å². The van der Waals surface area contributed by atoms with Gasteiger partial charge >= 0.3 is 17.9 Å². The number of fused-ring (bicyclic) bond motifs is 1. The third kappa shape index (κ3) is 10.8. The quantitative estimate of drug-likeness (QED) is 0.141. The third-order valence-electron chi connectivity index (χ3n) is 6.10. The van der Waals surface area contributed by atoms with E-state index in [2.05, 4.69) is 21.4 Å². The van der Waals surface area contributed by atoms with Crippen molar-refractivity contribution in [3.8, 4) is 17.6 Å². The molecule has 0 radical (unpaired) electrons. The van der Waals surface area contributed by atoms with Gasteiger partial charge in [-0.15, -0.1) is 0 Å². The smallest absolute Gasteiger partial charge is 0.414 e. The SMILES string of the molecule is CN(C)CCC(=O)OCCOCCOc1cc2ncn(-c3ccc(C#N)cn3)c2nc1NC1CCOCC1.O=C(O)C(=O)O. The fourth-order valence-electron chi connectivity index (χ4n) is 3.85. The molecule has 44 heavy (non-hydrogen) atoms. The Morgan fingerprint density at radius 2 is 1.84 bits per heavy atom. The van der Waals surface area contributed by atoms with Crippen molar-refractivity contribution in [1.29, 1.82) is 5.26 Å². The van der Waals surface area contributed by atoms with Crippen molar-refractivity contribution in [1.82, 2.24) is 24.4 Å². The molecule has 3 aromatic heterocycles. The van der Waals surface area contributed by atoms with E-state index in [-0.39, 0.29) is 18.6 Å². The molecule has 0 bridgehead atoms. The second kappa shape index (κ2) is 17.3. The number of hydrogen-bond acceptors (Lipinski definition) is 13. The number of anilines is 1. The molecular formula is C28H35N7O9. The minimum absolute atomic E-state index is 0.206. The summed E-state index contributed by atoms with van der Waals surface area (Å²) >= 11 is 0. The maximum atomic E-state index is 11.7. The number of ether oxygens (including phenoxy) is 4. The van der Waals surface area contributed by atoms with Crippen LogP contribution in [0.2, 0.25) is 0 Å². The highest BCUT2D eigenvalue weighted by Gasteiger charge is 2.19. The second-order valence-corrected chi connectivity index (χ2v) is 9.69. The van der Waals surface area contributed by atoms with Gasteiger partial charge in [0, 0.05) is 38.1 Å². The van der Waals surface area contributed by atoms with Gasteiger partial charge in [0.1, 0.15) is 36.9 Å². The number of carbonyl (C=O) groups excluding carboxylic acids is 1. The molecule has 0 saturated carbocycles. The first-order chi connectivity index (χ1) is 21.2. The number of nitrogens with one attached hydrogen (secondary N) is 1. The Labute approximate surface area is 253 Å². The number of rotatable bonds is 13. The van der Waals surface area contributed by atoms with Gasteiger partial charge < -0.3 is 39.4 Å². The highest BCUT2D eigenvalue weighted by atomic mass is 16.6. The average Bonchev–Trinajstić information content (AvgIpc) is 3.43. The fraction of sp³-hybridized carbons (Fsp3) is 0.464. The number of carboxylic acid groups (broad SMARTS) is 2. The molecule has 0 amide bonds.